The molecule has 0 aromatic heterocycles. The first-order valence-corrected chi connectivity index (χ1v) is 8.41. The Kier molecular flexibility index (Phi) is 4.61. The maximum Gasteiger partial charge on any atom is 0.308 e. The number of carbonyl (C=O) groups is 1. The molecule has 3 aliphatic heterocycles. The fraction of sp³-hybridized carbons (Fsp3) is 0.938. The van der Waals surface area contributed by atoms with Gasteiger partial charge in [0.05, 0.1) is 12.5 Å². The van der Waals surface area contributed by atoms with Crippen molar-refractivity contribution in [1.29, 1.82) is 0 Å². The third kappa shape index (κ3) is 3.17. The Balaban J connectivity index is 1.51. The number of nitrogens with zero attached hydrogens (tertiary/aromatic N) is 1. The van der Waals surface area contributed by atoms with Gasteiger partial charge in [-0.25, -0.2) is 0 Å². The minimum atomic E-state index is 0.0212. The molecule has 1 N–H and O–H groups in total. The van der Waals surface area contributed by atoms with Gasteiger partial charge in [0.25, 0.3) is 0 Å². The van der Waals surface area contributed by atoms with Crippen molar-refractivity contribution in [2.75, 3.05) is 26.2 Å². The van der Waals surface area contributed by atoms with Crippen LogP contribution in [0.3, 0.4) is 0 Å². The standard InChI is InChI=1S/C16H28N2O2/c1-2-20-16(19)13-4-3-5-14(10-13)17-15-11-18-8-6-12(15)7-9-18/h12-15,17H,2-11H2,1H3. The molecule has 4 nitrogen and oxygen atoms in total. The summed E-state index contributed by atoms with van der Waals surface area (Å²) in [5.74, 6) is 1.01. The Bertz CT molecular complexity index is 339. The van der Waals surface area contributed by atoms with Gasteiger partial charge in [-0.05, 0) is 58.0 Å². The minimum absolute atomic E-state index is 0.0212. The molecule has 114 valence electrons. The second kappa shape index (κ2) is 6.44. The van der Waals surface area contributed by atoms with Crippen LogP contribution in [-0.4, -0.2) is 49.2 Å². The summed E-state index contributed by atoms with van der Waals surface area (Å²) in [5, 5.41) is 3.87. The molecule has 3 unspecified atom stereocenters. The third-order valence-corrected chi connectivity index (χ3v) is 5.40. The lowest BCUT2D eigenvalue weighted by molar-refractivity contribution is -0.149. The molecule has 4 heteroatoms. The van der Waals surface area contributed by atoms with E-state index in [0.29, 0.717) is 18.7 Å². The van der Waals surface area contributed by atoms with E-state index in [1.165, 1.54) is 38.9 Å². The Hall–Kier alpha value is -0.610. The molecule has 4 aliphatic rings. The predicted octanol–water partition coefficient (Wildman–Crippen LogP) is 1.79. The molecular weight excluding hydrogens is 252 g/mol. The maximum atomic E-state index is 11.9. The van der Waals surface area contributed by atoms with Gasteiger partial charge in [0.2, 0.25) is 0 Å². The second-order valence-electron chi connectivity index (χ2n) is 6.72. The average molecular weight is 280 g/mol. The van der Waals surface area contributed by atoms with E-state index in [2.05, 4.69) is 10.2 Å². The van der Waals surface area contributed by atoms with Crippen LogP contribution in [0.2, 0.25) is 0 Å². The normalized spacial score (nSPS) is 40.5. The van der Waals surface area contributed by atoms with Gasteiger partial charge in [0.15, 0.2) is 0 Å². The SMILES string of the molecule is CCOC(=O)C1CCCC(NC2CN3CCC2CC3)C1. The summed E-state index contributed by atoms with van der Waals surface area (Å²) in [5.41, 5.74) is 0. The molecule has 0 amide bonds. The summed E-state index contributed by atoms with van der Waals surface area (Å²) in [6, 6.07) is 1.17. The average Bonchev–Trinajstić information content (AvgIpc) is 2.49. The number of hydrogen-bond acceptors (Lipinski definition) is 4. The highest BCUT2D eigenvalue weighted by Gasteiger charge is 2.36. The molecule has 3 atom stereocenters. The monoisotopic (exact) mass is 280 g/mol. The van der Waals surface area contributed by atoms with Crippen LogP contribution in [0, 0.1) is 11.8 Å². The molecule has 0 aromatic rings. The molecule has 1 aliphatic carbocycles. The number of piperidine rings is 3. The first-order valence-electron chi connectivity index (χ1n) is 8.41. The van der Waals surface area contributed by atoms with Crippen molar-refractivity contribution in [3.8, 4) is 0 Å². The molecule has 1 saturated carbocycles. The van der Waals surface area contributed by atoms with E-state index in [1.807, 2.05) is 6.92 Å². The first kappa shape index (κ1) is 14.3. The lowest BCUT2D eigenvalue weighted by Gasteiger charge is -2.47. The van der Waals surface area contributed by atoms with Gasteiger partial charge in [-0.2, -0.15) is 0 Å². The minimum Gasteiger partial charge on any atom is -0.466 e. The Morgan fingerprint density at radius 3 is 2.70 bits per heavy atom. The smallest absolute Gasteiger partial charge is 0.308 e. The van der Waals surface area contributed by atoms with Crippen LogP contribution in [0.1, 0.15) is 45.4 Å². The first-order chi connectivity index (χ1) is 9.76. The van der Waals surface area contributed by atoms with Crippen molar-refractivity contribution in [1.82, 2.24) is 10.2 Å². The molecule has 3 heterocycles. The fourth-order valence-corrected chi connectivity index (χ4v) is 4.27. The maximum absolute atomic E-state index is 11.9. The van der Waals surface area contributed by atoms with E-state index in [1.54, 1.807) is 0 Å². The van der Waals surface area contributed by atoms with Crippen LogP contribution in [0.5, 0.6) is 0 Å². The number of rotatable bonds is 4. The number of nitrogens with one attached hydrogen (secondary N) is 1. The summed E-state index contributed by atoms with van der Waals surface area (Å²) >= 11 is 0. The van der Waals surface area contributed by atoms with Crippen LogP contribution in [-0.2, 0) is 9.53 Å². The lowest BCUT2D eigenvalue weighted by Crippen LogP contribution is -2.58. The molecule has 0 radical (unpaired) electrons. The van der Waals surface area contributed by atoms with Crippen molar-refractivity contribution >= 4 is 5.97 Å². The van der Waals surface area contributed by atoms with Crippen LogP contribution in [0.25, 0.3) is 0 Å². The highest BCUT2D eigenvalue weighted by Crippen LogP contribution is 2.31. The molecule has 0 aromatic carbocycles. The zero-order chi connectivity index (χ0) is 13.9. The van der Waals surface area contributed by atoms with Crippen LogP contribution >= 0.6 is 0 Å². The van der Waals surface area contributed by atoms with Crippen molar-refractivity contribution in [3.05, 3.63) is 0 Å². The van der Waals surface area contributed by atoms with Gasteiger partial charge in [0, 0.05) is 18.6 Å². The molecule has 3 saturated heterocycles. The van der Waals surface area contributed by atoms with E-state index in [0.717, 1.165) is 25.2 Å². The van der Waals surface area contributed by atoms with Crippen molar-refractivity contribution < 1.29 is 9.53 Å². The van der Waals surface area contributed by atoms with Crippen LogP contribution in [0.15, 0.2) is 0 Å². The van der Waals surface area contributed by atoms with Gasteiger partial charge < -0.3 is 15.0 Å². The second-order valence-corrected chi connectivity index (χ2v) is 6.72. The topological polar surface area (TPSA) is 41.6 Å². The highest BCUT2D eigenvalue weighted by molar-refractivity contribution is 5.72. The molecule has 4 fully saturated rings. The Labute approximate surface area is 122 Å². The van der Waals surface area contributed by atoms with Gasteiger partial charge in [0.1, 0.15) is 0 Å². The number of ether oxygens (including phenoxy) is 1. The van der Waals surface area contributed by atoms with Gasteiger partial charge in [-0.3, -0.25) is 4.79 Å². The van der Waals surface area contributed by atoms with E-state index in [-0.39, 0.29) is 11.9 Å². The quantitative estimate of drug-likeness (QED) is 0.797. The summed E-state index contributed by atoms with van der Waals surface area (Å²) < 4.78 is 5.19. The fourth-order valence-electron chi connectivity index (χ4n) is 4.27. The van der Waals surface area contributed by atoms with Gasteiger partial charge in [-0.15, -0.1) is 0 Å². The summed E-state index contributed by atoms with van der Waals surface area (Å²) in [6.07, 6.45) is 7.07. The number of esters is 1. The molecular formula is C16H28N2O2. The van der Waals surface area contributed by atoms with Crippen molar-refractivity contribution in [3.63, 3.8) is 0 Å². The molecule has 0 spiro atoms. The van der Waals surface area contributed by atoms with E-state index >= 15 is 0 Å². The highest BCUT2D eigenvalue weighted by atomic mass is 16.5. The van der Waals surface area contributed by atoms with Crippen molar-refractivity contribution in [2.24, 2.45) is 11.8 Å². The summed E-state index contributed by atoms with van der Waals surface area (Å²) in [6.45, 7) is 6.19. The van der Waals surface area contributed by atoms with Crippen LogP contribution in [0.4, 0.5) is 0 Å². The Morgan fingerprint density at radius 1 is 1.25 bits per heavy atom. The summed E-state index contributed by atoms with van der Waals surface area (Å²) in [4.78, 5) is 14.5. The largest absolute Gasteiger partial charge is 0.466 e. The van der Waals surface area contributed by atoms with Crippen molar-refractivity contribution in [2.45, 2.75) is 57.5 Å². The third-order valence-electron chi connectivity index (χ3n) is 5.40. The zero-order valence-corrected chi connectivity index (χ0v) is 12.6. The molecule has 20 heavy (non-hydrogen) atoms. The van der Waals surface area contributed by atoms with Gasteiger partial charge >= 0.3 is 5.97 Å². The molecule has 2 bridgehead atoms. The lowest BCUT2D eigenvalue weighted by atomic mass is 9.81. The van der Waals surface area contributed by atoms with E-state index < -0.39 is 0 Å². The number of carbonyl (C=O) groups excluding carboxylic acids is 1. The number of fused-ring (bicyclic) bond motifs is 3. The Morgan fingerprint density at radius 2 is 2.05 bits per heavy atom. The molecule has 4 rings (SSSR count). The number of hydrogen-bond donors (Lipinski definition) is 1. The zero-order valence-electron chi connectivity index (χ0n) is 12.6. The van der Waals surface area contributed by atoms with Gasteiger partial charge in [-0.1, -0.05) is 6.42 Å². The predicted molar refractivity (Wildman–Crippen MR) is 78.5 cm³/mol. The van der Waals surface area contributed by atoms with E-state index in [9.17, 15) is 4.79 Å². The van der Waals surface area contributed by atoms with E-state index in [4.69, 9.17) is 4.74 Å². The summed E-state index contributed by atoms with van der Waals surface area (Å²) in [7, 11) is 0. The van der Waals surface area contributed by atoms with Crippen LogP contribution < -0.4 is 5.32 Å².